The number of imidazole rings is 1. The Kier molecular flexibility index (Phi) is 12.2. The summed E-state index contributed by atoms with van der Waals surface area (Å²) in [6, 6.07) is 55.1. The van der Waals surface area contributed by atoms with Crippen molar-refractivity contribution < 1.29 is 24.5 Å². The summed E-state index contributed by atoms with van der Waals surface area (Å²) in [7, 11) is -1.34. The summed E-state index contributed by atoms with van der Waals surface area (Å²) < 4.78 is 8.96. The summed E-state index contributed by atoms with van der Waals surface area (Å²) in [4.78, 5) is 19.7. The number of furan rings is 1. The molecule has 0 aliphatic heterocycles. The third-order valence-electron chi connectivity index (χ3n) is 12.4. The summed E-state index contributed by atoms with van der Waals surface area (Å²) in [5.74, 6) is 1.54. The zero-order valence-corrected chi connectivity index (χ0v) is 42.0. The van der Waals surface area contributed by atoms with E-state index in [4.69, 9.17) is 19.4 Å². The fourth-order valence-corrected chi connectivity index (χ4v) is 11.1. The van der Waals surface area contributed by atoms with Crippen LogP contribution in [-0.4, -0.2) is 32.6 Å². The maximum absolute atomic E-state index is 6.65. The van der Waals surface area contributed by atoms with E-state index in [0.717, 1.165) is 67.1 Å². The summed E-state index contributed by atoms with van der Waals surface area (Å²) in [6.45, 7) is 18.3. The van der Waals surface area contributed by atoms with E-state index in [0.29, 0.717) is 17.2 Å². The van der Waals surface area contributed by atoms with E-state index in [1.54, 1.807) is 6.20 Å². The van der Waals surface area contributed by atoms with Crippen molar-refractivity contribution in [2.75, 3.05) is 0 Å². The number of hydrogen-bond acceptors (Lipinski definition) is 5. The van der Waals surface area contributed by atoms with Gasteiger partial charge in [0.2, 0.25) is 5.71 Å². The van der Waals surface area contributed by atoms with Crippen LogP contribution in [0.2, 0.25) is 19.6 Å². The summed E-state index contributed by atoms with van der Waals surface area (Å²) in [5, 5.41) is 7.27. The molecule has 0 amide bonds. The van der Waals surface area contributed by atoms with Gasteiger partial charge in [-0.2, -0.15) is 0 Å². The van der Waals surface area contributed by atoms with Gasteiger partial charge >= 0.3 is 0 Å². The molecule has 5 aromatic heterocycles. The van der Waals surface area contributed by atoms with Crippen molar-refractivity contribution in [2.24, 2.45) is 0 Å². The van der Waals surface area contributed by atoms with E-state index in [1.807, 2.05) is 42.5 Å². The summed E-state index contributed by atoms with van der Waals surface area (Å²) >= 11 is 0. The molecule has 0 aliphatic carbocycles. The summed E-state index contributed by atoms with van der Waals surface area (Å²) in [5.41, 5.74) is 13.6. The van der Waals surface area contributed by atoms with Crippen LogP contribution in [-0.2, 0) is 20.1 Å². The van der Waals surface area contributed by atoms with Crippen LogP contribution in [0, 0.1) is 19.1 Å². The molecule has 0 saturated carbocycles. The molecule has 8 heteroatoms. The fourth-order valence-electron chi connectivity index (χ4n) is 9.38. The summed E-state index contributed by atoms with van der Waals surface area (Å²) in [6.07, 6.45) is 3.83. The molecule has 0 bridgehead atoms. The van der Waals surface area contributed by atoms with Gasteiger partial charge < -0.3 is 14.0 Å². The molecular formula is C58H51IrN5OSi-2. The number of pyridine rings is 3. The number of aryl methyl sites for hydroxylation is 1. The number of fused-ring (bicyclic) bond motifs is 7. The van der Waals surface area contributed by atoms with Gasteiger partial charge in [-0.15, -0.1) is 47.5 Å². The molecular weight excluding hydrogens is 1000 g/mol. The van der Waals surface area contributed by atoms with Crippen LogP contribution in [0.3, 0.4) is 0 Å². The van der Waals surface area contributed by atoms with Crippen molar-refractivity contribution in [3.05, 3.63) is 181 Å². The van der Waals surface area contributed by atoms with E-state index < -0.39 is 8.07 Å². The van der Waals surface area contributed by atoms with Crippen LogP contribution in [0.25, 0.3) is 94.4 Å². The van der Waals surface area contributed by atoms with E-state index >= 15 is 0 Å². The molecule has 0 spiro atoms. The van der Waals surface area contributed by atoms with E-state index in [-0.39, 0.29) is 26.0 Å². The predicted molar refractivity (Wildman–Crippen MR) is 273 cm³/mol. The van der Waals surface area contributed by atoms with E-state index in [1.165, 1.54) is 37.9 Å². The average molecular weight is 1050 g/mol. The van der Waals surface area contributed by atoms with Crippen molar-refractivity contribution in [3.63, 3.8) is 0 Å². The van der Waals surface area contributed by atoms with Gasteiger partial charge in [0.05, 0.1) is 41.3 Å². The van der Waals surface area contributed by atoms with Gasteiger partial charge in [0.15, 0.2) is 0 Å². The standard InChI is InChI=1S/C41H29N4O.C17H22NSi.Ir/c1-24(2)35-29-17-9-7-15-27(29)28-16-8-10-18-30(28)38(35)45-34-20-12-11-19-32(34)43-40(45)31-21-22-42-37-36-25(3)23-33(26-13-5-4-6-14-26)44-41(36)46-39(31)37;1-13(2)15-11-16(14-9-7-6-8-10-14)18-12-17(15)19(3,4)5;/h4-20,22-24H,1-3H3;6-9,11-13H,1-5H3;/q2*-1;. The Bertz CT molecular complexity index is 3550. The van der Waals surface area contributed by atoms with Crippen LogP contribution < -0.4 is 5.19 Å². The first-order valence-electron chi connectivity index (χ1n) is 22.5. The smallest absolute Gasteiger partial charge is 0.216 e. The quantitative estimate of drug-likeness (QED) is 0.0904. The molecule has 6 aromatic carbocycles. The Morgan fingerprint density at radius 2 is 1.32 bits per heavy atom. The molecule has 11 rings (SSSR count). The molecule has 5 heterocycles. The number of para-hydroxylation sites is 2. The molecule has 0 fully saturated rings. The number of benzene rings is 6. The first kappa shape index (κ1) is 44.6. The van der Waals surface area contributed by atoms with Crippen molar-refractivity contribution in [2.45, 2.75) is 66.1 Å². The SMILES string of the molecule is CC(C)c1cc(-c2[c-]cccc2)ncc1[Si](C)(C)C.Cc1cc(-c2ccccc2)nc2oc3c(-c4nc5ccccc5n4-c4c(C(C)C)c5ccccc5c5ccccc45)[c-]cnc3c12.[Ir]. The van der Waals surface area contributed by atoms with Gasteiger partial charge in [-0.3, -0.25) is 9.97 Å². The third kappa shape index (κ3) is 7.97. The molecule has 0 aliphatic rings. The minimum absolute atomic E-state index is 0. The Morgan fingerprint density at radius 1 is 0.652 bits per heavy atom. The molecule has 1 radical (unpaired) electrons. The number of hydrogen-bond donors (Lipinski definition) is 0. The number of nitrogens with zero attached hydrogens (tertiary/aromatic N) is 5. The third-order valence-corrected chi connectivity index (χ3v) is 14.4. The average Bonchev–Trinajstić information content (AvgIpc) is 3.90. The molecule has 329 valence electrons. The number of aromatic nitrogens is 5. The Hall–Kier alpha value is -6.57. The van der Waals surface area contributed by atoms with Crippen LogP contribution in [0.4, 0.5) is 0 Å². The van der Waals surface area contributed by atoms with Crippen LogP contribution in [0.15, 0.2) is 156 Å². The van der Waals surface area contributed by atoms with Crippen LogP contribution in [0.5, 0.6) is 0 Å². The van der Waals surface area contributed by atoms with Crippen molar-refractivity contribution in [1.82, 2.24) is 24.5 Å². The first-order chi connectivity index (χ1) is 31.5. The van der Waals surface area contributed by atoms with Gasteiger partial charge in [-0.1, -0.05) is 150 Å². The van der Waals surface area contributed by atoms with Gasteiger partial charge in [-0.25, -0.2) is 4.98 Å². The molecule has 0 atom stereocenters. The molecule has 0 saturated heterocycles. The second-order valence-corrected chi connectivity index (χ2v) is 23.6. The maximum Gasteiger partial charge on any atom is 0.216 e. The van der Waals surface area contributed by atoms with Gasteiger partial charge in [-0.05, 0) is 81.3 Å². The topological polar surface area (TPSA) is 69.6 Å². The zero-order chi connectivity index (χ0) is 45.0. The predicted octanol–water partition coefficient (Wildman–Crippen LogP) is 14.8. The van der Waals surface area contributed by atoms with Gasteiger partial charge in [0.25, 0.3) is 0 Å². The molecule has 11 aromatic rings. The molecule has 6 nitrogen and oxygen atoms in total. The largest absolute Gasteiger partial charge is 0.499 e. The number of rotatable bonds is 7. The molecule has 0 unspecified atom stereocenters. The van der Waals surface area contributed by atoms with Crippen molar-refractivity contribution in [3.8, 4) is 39.6 Å². The van der Waals surface area contributed by atoms with Crippen molar-refractivity contribution in [1.29, 1.82) is 0 Å². The molecule has 66 heavy (non-hydrogen) atoms. The normalized spacial score (nSPS) is 11.8. The minimum Gasteiger partial charge on any atom is -0.499 e. The maximum atomic E-state index is 6.65. The van der Waals surface area contributed by atoms with E-state index in [9.17, 15) is 0 Å². The Balaban J connectivity index is 0.000000231. The van der Waals surface area contributed by atoms with Gasteiger partial charge in [0.1, 0.15) is 0 Å². The van der Waals surface area contributed by atoms with E-state index in [2.05, 4.69) is 179 Å². The van der Waals surface area contributed by atoms with Crippen molar-refractivity contribution >= 4 is 68.0 Å². The minimum atomic E-state index is -1.34. The second kappa shape index (κ2) is 18.0. The Labute approximate surface area is 401 Å². The zero-order valence-electron chi connectivity index (χ0n) is 38.6. The Morgan fingerprint density at radius 3 is 2.02 bits per heavy atom. The van der Waals surface area contributed by atoms with Crippen LogP contribution in [0.1, 0.15) is 56.2 Å². The molecule has 0 N–H and O–H groups in total. The fraction of sp³-hybridized carbons (Fsp3) is 0.172. The first-order valence-corrected chi connectivity index (χ1v) is 26.0. The van der Waals surface area contributed by atoms with Gasteiger partial charge in [0, 0.05) is 48.8 Å². The van der Waals surface area contributed by atoms with Crippen LogP contribution >= 0.6 is 0 Å². The second-order valence-electron chi connectivity index (χ2n) is 18.5. The monoisotopic (exact) mass is 1050 g/mol.